The molecule has 0 spiro atoms. The molecule has 0 amide bonds. The van der Waals surface area contributed by atoms with Gasteiger partial charge in [0.2, 0.25) is 0 Å². The molecule has 1 rings (SSSR count). The number of hydrogen-bond acceptors (Lipinski definition) is 2. The van der Waals surface area contributed by atoms with Gasteiger partial charge in [0.25, 0.3) is 0 Å². The lowest BCUT2D eigenvalue weighted by Gasteiger charge is -2.41. The van der Waals surface area contributed by atoms with Gasteiger partial charge < -0.3 is 8.85 Å². The second-order valence-corrected chi connectivity index (χ2v) is 11.1. The molecular formula is C18H32O2Si. The Bertz CT molecular complexity index is 445. The Morgan fingerprint density at radius 2 is 1.33 bits per heavy atom. The molecule has 0 aromatic heterocycles. The van der Waals surface area contributed by atoms with Gasteiger partial charge in [-0.1, -0.05) is 65.8 Å². The van der Waals surface area contributed by atoms with Crippen molar-refractivity contribution in [2.24, 2.45) is 0 Å². The SMILES string of the molecule is CCC(C)(C)c1ccc([Si](OC)(OC)C(C)(C)CC)cc1. The van der Waals surface area contributed by atoms with Crippen molar-refractivity contribution in [1.82, 2.24) is 0 Å². The van der Waals surface area contributed by atoms with Crippen LogP contribution in [0.2, 0.25) is 5.04 Å². The molecule has 0 saturated heterocycles. The van der Waals surface area contributed by atoms with Crippen LogP contribution in [-0.2, 0) is 14.3 Å². The van der Waals surface area contributed by atoms with E-state index in [1.165, 1.54) is 10.8 Å². The Kier molecular flexibility index (Phi) is 5.81. The Labute approximate surface area is 132 Å². The molecule has 3 heteroatoms. The Morgan fingerprint density at radius 3 is 1.67 bits per heavy atom. The van der Waals surface area contributed by atoms with Crippen LogP contribution in [0.15, 0.2) is 24.3 Å². The topological polar surface area (TPSA) is 18.5 Å². The standard InChI is InChI=1S/C18H32O2Si/c1-9-17(3,4)15-11-13-16(14-12-15)21(19-7,20-8)18(5,6)10-2/h11-14H,9-10H2,1-8H3. The van der Waals surface area contributed by atoms with Gasteiger partial charge >= 0.3 is 8.56 Å². The quantitative estimate of drug-likeness (QED) is 0.690. The fraction of sp³-hybridized carbons (Fsp3) is 0.667. The minimum absolute atomic E-state index is 0.0261. The van der Waals surface area contributed by atoms with Crippen LogP contribution in [0.5, 0.6) is 0 Å². The second kappa shape index (κ2) is 6.63. The number of rotatable bonds is 7. The average molecular weight is 309 g/mol. The fourth-order valence-electron chi connectivity index (χ4n) is 2.84. The van der Waals surface area contributed by atoms with E-state index in [0.29, 0.717) is 0 Å². The molecule has 0 fully saturated rings. The molecule has 0 aliphatic rings. The zero-order valence-electron chi connectivity index (χ0n) is 15.0. The molecule has 1 aromatic carbocycles. The van der Waals surface area contributed by atoms with Crippen LogP contribution in [-0.4, -0.2) is 22.8 Å². The van der Waals surface area contributed by atoms with Gasteiger partial charge in [0, 0.05) is 19.3 Å². The van der Waals surface area contributed by atoms with Gasteiger partial charge in [0.05, 0.1) is 0 Å². The smallest absolute Gasteiger partial charge is 0.377 e. The first-order valence-corrected chi connectivity index (χ1v) is 9.73. The summed E-state index contributed by atoms with van der Waals surface area (Å²) in [5, 5.41) is 1.24. The first-order valence-electron chi connectivity index (χ1n) is 7.92. The Morgan fingerprint density at radius 1 is 0.857 bits per heavy atom. The summed E-state index contributed by atoms with van der Waals surface area (Å²) in [5.74, 6) is 0. The van der Waals surface area contributed by atoms with E-state index in [2.05, 4.69) is 65.8 Å². The van der Waals surface area contributed by atoms with Crippen LogP contribution < -0.4 is 5.19 Å². The van der Waals surface area contributed by atoms with Crippen LogP contribution in [0.3, 0.4) is 0 Å². The summed E-state index contributed by atoms with van der Waals surface area (Å²) in [6.07, 6.45) is 2.16. The lowest BCUT2D eigenvalue weighted by Crippen LogP contribution is -2.59. The summed E-state index contributed by atoms with van der Waals surface area (Å²) in [6, 6.07) is 8.90. The lowest BCUT2D eigenvalue weighted by atomic mass is 9.82. The highest BCUT2D eigenvalue weighted by molar-refractivity contribution is 6.83. The van der Waals surface area contributed by atoms with E-state index in [1.54, 1.807) is 14.2 Å². The maximum absolute atomic E-state index is 6.00. The molecule has 0 N–H and O–H groups in total. The van der Waals surface area contributed by atoms with E-state index < -0.39 is 8.56 Å². The molecule has 120 valence electrons. The third-order valence-corrected chi connectivity index (χ3v) is 9.66. The minimum atomic E-state index is -2.44. The maximum Gasteiger partial charge on any atom is 0.377 e. The van der Waals surface area contributed by atoms with E-state index in [1.807, 2.05) is 0 Å². The van der Waals surface area contributed by atoms with Gasteiger partial charge in [-0.25, -0.2) is 0 Å². The molecule has 0 atom stereocenters. The monoisotopic (exact) mass is 308 g/mol. The predicted molar refractivity (Wildman–Crippen MR) is 93.5 cm³/mol. The molecule has 21 heavy (non-hydrogen) atoms. The van der Waals surface area contributed by atoms with Crippen molar-refractivity contribution in [2.75, 3.05) is 14.2 Å². The maximum atomic E-state index is 6.00. The van der Waals surface area contributed by atoms with Crippen molar-refractivity contribution in [3.05, 3.63) is 29.8 Å². The Hall–Kier alpha value is -0.643. The Balaban J connectivity index is 3.30. The molecule has 0 heterocycles. The average Bonchev–Trinajstić information content (AvgIpc) is 2.49. The van der Waals surface area contributed by atoms with Crippen LogP contribution in [0.4, 0.5) is 0 Å². The van der Waals surface area contributed by atoms with Gasteiger partial charge in [-0.05, 0) is 29.0 Å². The zero-order valence-corrected chi connectivity index (χ0v) is 16.0. The summed E-state index contributed by atoms with van der Waals surface area (Å²) in [4.78, 5) is 0. The van der Waals surface area contributed by atoms with E-state index in [4.69, 9.17) is 8.85 Å². The van der Waals surface area contributed by atoms with Gasteiger partial charge in [0.15, 0.2) is 0 Å². The van der Waals surface area contributed by atoms with Gasteiger partial charge in [-0.3, -0.25) is 0 Å². The molecule has 0 aliphatic heterocycles. The first-order chi connectivity index (χ1) is 9.70. The van der Waals surface area contributed by atoms with Crippen molar-refractivity contribution in [2.45, 2.75) is 64.8 Å². The lowest BCUT2D eigenvalue weighted by molar-refractivity contribution is 0.223. The van der Waals surface area contributed by atoms with Gasteiger partial charge in [-0.15, -0.1) is 0 Å². The van der Waals surface area contributed by atoms with Crippen molar-refractivity contribution in [3.63, 3.8) is 0 Å². The highest BCUT2D eigenvalue weighted by atomic mass is 28.4. The van der Waals surface area contributed by atoms with Crippen molar-refractivity contribution < 1.29 is 8.85 Å². The van der Waals surface area contributed by atoms with Crippen molar-refractivity contribution in [1.29, 1.82) is 0 Å². The largest absolute Gasteiger partial charge is 0.394 e. The summed E-state index contributed by atoms with van der Waals surface area (Å²) >= 11 is 0. The van der Waals surface area contributed by atoms with Crippen LogP contribution in [0, 0.1) is 0 Å². The summed E-state index contributed by atoms with van der Waals surface area (Å²) < 4.78 is 12.0. The van der Waals surface area contributed by atoms with Crippen molar-refractivity contribution >= 4 is 13.7 Å². The minimum Gasteiger partial charge on any atom is -0.394 e. The molecular weight excluding hydrogens is 276 g/mol. The van der Waals surface area contributed by atoms with Gasteiger partial charge in [0.1, 0.15) is 0 Å². The predicted octanol–water partition coefficient (Wildman–Crippen LogP) is 4.51. The molecule has 0 saturated carbocycles. The van der Waals surface area contributed by atoms with E-state index in [9.17, 15) is 0 Å². The molecule has 0 radical (unpaired) electrons. The summed E-state index contributed by atoms with van der Waals surface area (Å²) in [7, 11) is 1.14. The molecule has 0 bridgehead atoms. The van der Waals surface area contributed by atoms with Crippen LogP contribution in [0.25, 0.3) is 0 Å². The van der Waals surface area contributed by atoms with E-state index in [-0.39, 0.29) is 10.5 Å². The highest BCUT2D eigenvalue weighted by Crippen LogP contribution is 2.41. The van der Waals surface area contributed by atoms with Crippen molar-refractivity contribution in [3.8, 4) is 0 Å². The molecule has 0 aliphatic carbocycles. The third kappa shape index (κ3) is 3.25. The van der Waals surface area contributed by atoms with Crippen LogP contribution >= 0.6 is 0 Å². The fourth-order valence-corrected chi connectivity index (χ4v) is 6.44. The summed E-state index contributed by atoms with van der Waals surface area (Å²) in [5.41, 5.74) is 1.58. The summed E-state index contributed by atoms with van der Waals surface area (Å²) in [6.45, 7) is 13.5. The number of hydrogen-bond donors (Lipinski definition) is 0. The molecule has 2 nitrogen and oxygen atoms in total. The highest BCUT2D eigenvalue weighted by Gasteiger charge is 2.51. The van der Waals surface area contributed by atoms with E-state index in [0.717, 1.165) is 12.8 Å². The van der Waals surface area contributed by atoms with Crippen LogP contribution in [0.1, 0.15) is 59.9 Å². The zero-order chi connectivity index (χ0) is 16.3. The number of benzene rings is 1. The molecule has 0 unspecified atom stereocenters. The molecule has 1 aromatic rings. The second-order valence-electron chi connectivity index (χ2n) is 7.08. The normalized spacial score (nSPS) is 13.5. The van der Waals surface area contributed by atoms with Gasteiger partial charge in [-0.2, -0.15) is 0 Å². The first kappa shape index (κ1) is 18.4. The third-order valence-electron chi connectivity index (χ3n) is 5.28. The van der Waals surface area contributed by atoms with E-state index >= 15 is 0 Å².